The maximum atomic E-state index is 13.6. The Morgan fingerprint density at radius 1 is 1.20 bits per heavy atom. The molecule has 0 aromatic heterocycles. The van der Waals surface area contributed by atoms with E-state index in [4.69, 9.17) is 0 Å². The van der Waals surface area contributed by atoms with Gasteiger partial charge in [-0.25, -0.2) is 18.6 Å². The molecule has 3 rings (SSSR count). The van der Waals surface area contributed by atoms with Gasteiger partial charge in [0.25, 0.3) is 5.91 Å². The normalized spacial score (nSPS) is 15.9. The molecule has 0 fully saturated rings. The number of hydrogen-bond donors (Lipinski definition) is 2. The number of anilines is 1. The molecule has 30 heavy (non-hydrogen) atoms. The zero-order chi connectivity index (χ0) is 21.7. The molecule has 0 spiro atoms. The quantitative estimate of drug-likeness (QED) is 0.712. The van der Waals surface area contributed by atoms with E-state index in [1.54, 1.807) is 0 Å². The summed E-state index contributed by atoms with van der Waals surface area (Å²) in [5.74, 6) is -2.08. The first-order valence-electron chi connectivity index (χ1n) is 9.82. The van der Waals surface area contributed by atoms with E-state index in [1.165, 1.54) is 5.01 Å². The summed E-state index contributed by atoms with van der Waals surface area (Å²) in [4.78, 5) is 24.8. The molecule has 3 amide bonds. The van der Waals surface area contributed by atoms with E-state index in [0.717, 1.165) is 29.0 Å². The van der Waals surface area contributed by atoms with Crippen LogP contribution in [-0.2, 0) is 11.3 Å². The molecule has 0 saturated heterocycles. The van der Waals surface area contributed by atoms with Crippen LogP contribution in [0.4, 0.5) is 19.3 Å². The van der Waals surface area contributed by atoms with Crippen LogP contribution in [0.15, 0.2) is 47.6 Å². The molecule has 2 N–H and O–H groups in total. The summed E-state index contributed by atoms with van der Waals surface area (Å²) in [7, 11) is 0. The zero-order valence-corrected chi connectivity index (χ0v) is 16.9. The largest absolute Gasteiger partial charge is 0.338 e. The first-order chi connectivity index (χ1) is 14.4. The van der Waals surface area contributed by atoms with Crippen molar-refractivity contribution in [3.8, 4) is 0 Å². The lowest BCUT2D eigenvalue weighted by Crippen LogP contribution is -2.34. The van der Waals surface area contributed by atoms with Crippen LogP contribution in [0.25, 0.3) is 0 Å². The molecular formula is C22H24F2N4O2. The summed E-state index contributed by atoms with van der Waals surface area (Å²) in [5, 5.41) is 10.9. The summed E-state index contributed by atoms with van der Waals surface area (Å²) in [6.45, 7) is 4.55. The minimum atomic E-state index is -0.858. The van der Waals surface area contributed by atoms with Crippen molar-refractivity contribution in [1.82, 2.24) is 10.3 Å². The standard InChI is InChI=1S/C22H24F2N4O2/c1-3-19-17(21(29)28(27-19)13-15-7-5-4-6-14(15)2)10-11-25-22(30)26-20-9-8-16(23)12-18(20)24/h4-9,12,17H,3,10-11,13H2,1-2H3,(H2,25,26,30)/t17-/m1/s1. The lowest BCUT2D eigenvalue weighted by atomic mass is 9.97. The van der Waals surface area contributed by atoms with E-state index < -0.39 is 23.6 Å². The van der Waals surface area contributed by atoms with Gasteiger partial charge in [-0.2, -0.15) is 5.10 Å². The number of carbonyl (C=O) groups is 2. The van der Waals surface area contributed by atoms with Crippen molar-refractivity contribution in [2.75, 3.05) is 11.9 Å². The summed E-state index contributed by atoms with van der Waals surface area (Å²) in [6.07, 6.45) is 1.02. The van der Waals surface area contributed by atoms with Crippen LogP contribution in [0, 0.1) is 24.5 Å². The Hall–Kier alpha value is -3.29. The number of nitrogens with one attached hydrogen (secondary N) is 2. The highest BCUT2D eigenvalue weighted by Crippen LogP contribution is 2.23. The molecule has 0 unspecified atom stereocenters. The van der Waals surface area contributed by atoms with E-state index in [1.807, 2.05) is 38.1 Å². The van der Waals surface area contributed by atoms with Crippen molar-refractivity contribution < 1.29 is 18.4 Å². The average Bonchev–Trinajstić information content (AvgIpc) is 3.01. The van der Waals surface area contributed by atoms with Crippen molar-refractivity contribution in [2.45, 2.75) is 33.2 Å². The maximum Gasteiger partial charge on any atom is 0.319 e. The lowest BCUT2D eigenvalue weighted by molar-refractivity contribution is -0.132. The number of amides is 3. The van der Waals surface area contributed by atoms with Gasteiger partial charge in [0.1, 0.15) is 11.6 Å². The van der Waals surface area contributed by atoms with Crippen molar-refractivity contribution in [3.63, 3.8) is 0 Å². The minimum absolute atomic E-state index is 0.0955. The van der Waals surface area contributed by atoms with Gasteiger partial charge >= 0.3 is 6.03 Å². The molecule has 0 aliphatic carbocycles. The number of benzene rings is 2. The Morgan fingerprint density at radius 2 is 1.97 bits per heavy atom. The van der Waals surface area contributed by atoms with Gasteiger partial charge in [0.2, 0.25) is 0 Å². The number of rotatable bonds is 7. The van der Waals surface area contributed by atoms with Gasteiger partial charge in [-0.3, -0.25) is 4.79 Å². The van der Waals surface area contributed by atoms with Crippen molar-refractivity contribution in [3.05, 3.63) is 65.2 Å². The highest BCUT2D eigenvalue weighted by Gasteiger charge is 2.34. The number of halogens is 2. The van der Waals surface area contributed by atoms with Gasteiger partial charge in [0.05, 0.1) is 23.9 Å². The molecule has 0 bridgehead atoms. The van der Waals surface area contributed by atoms with Crippen molar-refractivity contribution >= 4 is 23.3 Å². The molecule has 1 aliphatic heterocycles. The fourth-order valence-corrected chi connectivity index (χ4v) is 3.35. The smallest absolute Gasteiger partial charge is 0.319 e. The van der Waals surface area contributed by atoms with Crippen LogP contribution in [-0.4, -0.2) is 29.2 Å². The van der Waals surface area contributed by atoms with Crippen molar-refractivity contribution in [1.29, 1.82) is 0 Å². The lowest BCUT2D eigenvalue weighted by Gasteiger charge is -2.16. The molecule has 0 saturated carbocycles. The molecule has 0 radical (unpaired) electrons. The number of nitrogens with zero attached hydrogens (tertiary/aromatic N) is 2. The number of hydrogen-bond acceptors (Lipinski definition) is 3. The molecular weight excluding hydrogens is 390 g/mol. The Labute approximate surface area is 174 Å². The Morgan fingerprint density at radius 3 is 2.67 bits per heavy atom. The molecule has 2 aromatic carbocycles. The molecule has 8 heteroatoms. The Bertz CT molecular complexity index is 977. The first-order valence-corrected chi connectivity index (χ1v) is 9.82. The van der Waals surface area contributed by atoms with E-state index >= 15 is 0 Å². The second-order valence-electron chi connectivity index (χ2n) is 7.11. The monoisotopic (exact) mass is 414 g/mol. The van der Waals surface area contributed by atoms with Crippen LogP contribution in [0.1, 0.15) is 30.9 Å². The van der Waals surface area contributed by atoms with Gasteiger partial charge in [0, 0.05) is 12.6 Å². The third-order valence-corrected chi connectivity index (χ3v) is 5.05. The van der Waals surface area contributed by atoms with Crippen LogP contribution in [0.5, 0.6) is 0 Å². The number of hydrazone groups is 1. The van der Waals surface area contributed by atoms with Gasteiger partial charge in [-0.1, -0.05) is 31.2 Å². The molecule has 1 atom stereocenters. The number of aryl methyl sites for hydroxylation is 1. The van der Waals surface area contributed by atoms with Gasteiger partial charge < -0.3 is 10.6 Å². The summed E-state index contributed by atoms with van der Waals surface area (Å²) >= 11 is 0. The van der Waals surface area contributed by atoms with Crippen LogP contribution in [0.2, 0.25) is 0 Å². The molecule has 1 aliphatic rings. The highest BCUT2D eigenvalue weighted by molar-refractivity contribution is 6.07. The zero-order valence-electron chi connectivity index (χ0n) is 16.9. The Balaban J connectivity index is 1.54. The molecule has 158 valence electrons. The fourth-order valence-electron chi connectivity index (χ4n) is 3.35. The molecule has 2 aromatic rings. The highest BCUT2D eigenvalue weighted by atomic mass is 19.1. The van der Waals surface area contributed by atoms with E-state index in [9.17, 15) is 18.4 Å². The SMILES string of the molecule is CCC1=NN(Cc2ccccc2C)C(=O)[C@@H]1CCNC(=O)Nc1ccc(F)cc1F. The molecule has 6 nitrogen and oxygen atoms in total. The minimum Gasteiger partial charge on any atom is -0.338 e. The van der Waals surface area contributed by atoms with Crippen LogP contribution >= 0.6 is 0 Å². The van der Waals surface area contributed by atoms with Crippen LogP contribution < -0.4 is 10.6 Å². The third-order valence-electron chi connectivity index (χ3n) is 5.05. The van der Waals surface area contributed by atoms with Gasteiger partial charge in [0.15, 0.2) is 0 Å². The average molecular weight is 414 g/mol. The maximum absolute atomic E-state index is 13.6. The van der Waals surface area contributed by atoms with E-state index in [-0.39, 0.29) is 18.1 Å². The fraction of sp³-hybridized carbons (Fsp3) is 0.318. The summed E-state index contributed by atoms with van der Waals surface area (Å²) < 4.78 is 26.6. The summed E-state index contributed by atoms with van der Waals surface area (Å²) in [5.41, 5.74) is 2.78. The van der Waals surface area contributed by atoms with Crippen LogP contribution in [0.3, 0.4) is 0 Å². The molecule has 1 heterocycles. The predicted octanol–water partition coefficient (Wildman–Crippen LogP) is 4.21. The van der Waals surface area contributed by atoms with Gasteiger partial charge in [-0.15, -0.1) is 0 Å². The number of urea groups is 1. The second-order valence-corrected chi connectivity index (χ2v) is 7.11. The summed E-state index contributed by atoms with van der Waals surface area (Å²) in [6, 6.07) is 10.1. The third kappa shape index (κ3) is 5.00. The second kappa shape index (κ2) is 9.47. The van der Waals surface area contributed by atoms with Gasteiger partial charge in [-0.05, 0) is 43.0 Å². The number of carbonyl (C=O) groups excluding carboxylic acids is 2. The Kier molecular flexibility index (Phi) is 6.76. The predicted molar refractivity (Wildman–Crippen MR) is 111 cm³/mol. The first kappa shape index (κ1) is 21.4. The van der Waals surface area contributed by atoms with Crippen molar-refractivity contribution in [2.24, 2.45) is 11.0 Å². The topological polar surface area (TPSA) is 73.8 Å². The van der Waals surface area contributed by atoms with E-state index in [2.05, 4.69) is 15.7 Å². The van der Waals surface area contributed by atoms with E-state index in [0.29, 0.717) is 25.5 Å².